The molecule has 32 heavy (non-hydrogen) atoms. The number of carbonyl (C=O) groups excluding carboxylic acids is 1. The zero-order chi connectivity index (χ0) is 22.2. The number of anilines is 2. The lowest BCUT2D eigenvalue weighted by molar-refractivity contribution is -0.130. The maximum atomic E-state index is 11.6. The summed E-state index contributed by atoms with van der Waals surface area (Å²) in [5.74, 6) is 0.783. The van der Waals surface area contributed by atoms with Gasteiger partial charge in [0.1, 0.15) is 0 Å². The molecule has 1 amide bonds. The SMILES string of the molecule is CC(=O)N1CCN(Cc2cc3c(ccc4cnc(Nc5cc(C)cc(C)c5)nc43)s2)CC1. The molecule has 1 saturated heterocycles. The summed E-state index contributed by atoms with van der Waals surface area (Å²) in [4.78, 5) is 26.7. The standard InChI is InChI=1S/C25H27N5OS/c1-16-10-17(2)12-20(11-16)27-25-26-14-19-4-5-23-22(24(19)28-25)13-21(32-23)15-29-6-8-30(9-7-29)18(3)31/h4-5,10-14H,6-9,15H2,1-3H3,(H,26,27,28). The van der Waals surface area contributed by atoms with Crippen LogP contribution in [0.3, 0.4) is 0 Å². The molecule has 5 rings (SSSR count). The molecule has 1 aliphatic heterocycles. The third kappa shape index (κ3) is 4.31. The lowest BCUT2D eigenvalue weighted by Crippen LogP contribution is -2.47. The van der Waals surface area contributed by atoms with Gasteiger partial charge in [0.15, 0.2) is 0 Å². The van der Waals surface area contributed by atoms with Gasteiger partial charge < -0.3 is 10.2 Å². The van der Waals surface area contributed by atoms with Crippen molar-refractivity contribution in [2.75, 3.05) is 31.5 Å². The number of carbonyl (C=O) groups is 1. The maximum Gasteiger partial charge on any atom is 0.227 e. The summed E-state index contributed by atoms with van der Waals surface area (Å²) >= 11 is 1.82. The first kappa shape index (κ1) is 20.8. The van der Waals surface area contributed by atoms with Crippen LogP contribution in [0.25, 0.3) is 21.0 Å². The van der Waals surface area contributed by atoms with Crippen molar-refractivity contribution >= 4 is 49.9 Å². The van der Waals surface area contributed by atoms with Crippen molar-refractivity contribution in [2.24, 2.45) is 0 Å². The van der Waals surface area contributed by atoms with E-state index in [1.807, 2.05) is 22.4 Å². The van der Waals surface area contributed by atoms with E-state index >= 15 is 0 Å². The van der Waals surface area contributed by atoms with Gasteiger partial charge in [-0.05, 0) is 55.3 Å². The first-order chi connectivity index (χ1) is 15.4. The molecule has 4 aromatic rings. The van der Waals surface area contributed by atoms with Gasteiger partial charge in [-0.15, -0.1) is 11.3 Å². The first-order valence-corrected chi connectivity index (χ1v) is 11.8. The van der Waals surface area contributed by atoms with Crippen molar-refractivity contribution in [2.45, 2.75) is 27.3 Å². The summed E-state index contributed by atoms with van der Waals surface area (Å²) in [5, 5.41) is 5.59. The van der Waals surface area contributed by atoms with Gasteiger partial charge in [0.05, 0.1) is 5.52 Å². The molecule has 6 nitrogen and oxygen atoms in total. The summed E-state index contributed by atoms with van der Waals surface area (Å²) in [6.07, 6.45) is 1.89. The van der Waals surface area contributed by atoms with Crippen LogP contribution in [0.1, 0.15) is 22.9 Å². The second kappa shape index (κ2) is 8.48. The molecule has 3 heterocycles. The van der Waals surface area contributed by atoms with Crippen molar-refractivity contribution in [3.63, 3.8) is 0 Å². The van der Waals surface area contributed by atoms with Crippen LogP contribution in [0.5, 0.6) is 0 Å². The summed E-state index contributed by atoms with van der Waals surface area (Å²) in [5.41, 5.74) is 4.41. The van der Waals surface area contributed by atoms with Gasteiger partial charge in [-0.1, -0.05) is 6.07 Å². The molecule has 0 unspecified atom stereocenters. The molecule has 0 aliphatic carbocycles. The second-order valence-electron chi connectivity index (χ2n) is 8.61. The molecule has 0 spiro atoms. The fraction of sp³-hybridized carbons (Fsp3) is 0.320. The topological polar surface area (TPSA) is 61.4 Å². The average Bonchev–Trinajstić information content (AvgIpc) is 3.16. The number of hydrogen-bond donors (Lipinski definition) is 1. The van der Waals surface area contributed by atoms with Crippen LogP contribution in [0.15, 0.2) is 42.6 Å². The predicted molar refractivity (Wildman–Crippen MR) is 132 cm³/mol. The number of nitrogens with zero attached hydrogens (tertiary/aromatic N) is 4. The van der Waals surface area contributed by atoms with E-state index in [4.69, 9.17) is 4.98 Å². The number of hydrogen-bond acceptors (Lipinski definition) is 6. The Morgan fingerprint density at radius 1 is 1.06 bits per heavy atom. The highest BCUT2D eigenvalue weighted by molar-refractivity contribution is 7.19. The molecular formula is C25H27N5OS. The third-order valence-electron chi connectivity index (χ3n) is 5.97. The summed E-state index contributed by atoms with van der Waals surface area (Å²) in [6.45, 7) is 10.2. The minimum Gasteiger partial charge on any atom is -0.340 e. The number of fused-ring (bicyclic) bond motifs is 3. The molecule has 2 aromatic heterocycles. The van der Waals surface area contributed by atoms with Crippen molar-refractivity contribution in [3.8, 4) is 0 Å². The van der Waals surface area contributed by atoms with Crippen molar-refractivity contribution in [1.29, 1.82) is 0 Å². The number of amides is 1. The Hall–Kier alpha value is -3.03. The van der Waals surface area contributed by atoms with E-state index in [1.165, 1.54) is 26.1 Å². The summed E-state index contributed by atoms with van der Waals surface area (Å²) < 4.78 is 1.24. The Labute approximate surface area is 191 Å². The van der Waals surface area contributed by atoms with Crippen molar-refractivity contribution in [3.05, 3.63) is 58.6 Å². The highest BCUT2D eigenvalue weighted by Crippen LogP contribution is 2.32. The predicted octanol–water partition coefficient (Wildman–Crippen LogP) is 4.87. The van der Waals surface area contributed by atoms with E-state index in [9.17, 15) is 4.79 Å². The van der Waals surface area contributed by atoms with E-state index in [1.54, 1.807) is 6.92 Å². The van der Waals surface area contributed by atoms with E-state index in [0.717, 1.165) is 49.3 Å². The van der Waals surface area contributed by atoms with Crippen LogP contribution in [0.2, 0.25) is 0 Å². The van der Waals surface area contributed by atoms with E-state index in [-0.39, 0.29) is 5.91 Å². The van der Waals surface area contributed by atoms with Gasteiger partial charge in [-0.3, -0.25) is 9.69 Å². The highest BCUT2D eigenvalue weighted by atomic mass is 32.1. The monoisotopic (exact) mass is 445 g/mol. The van der Waals surface area contributed by atoms with Gasteiger partial charge in [0.2, 0.25) is 11.9 Å². The second-order valence-corrected chi connectivity index (χ2v) is 9.77. The number of benzene rings is 2. The smallest absolute Gasteiger partial charge is 0.227 e. The number of rotatable bonds is 4. The Kier molecular flexibility index (Phi) is 5.53. The van der Waals surface area contributed by atoms with Gasteiger partial charge >= 0.3 is 0 Å². The quantitative estimate of drug-likeness (QED) is 0.486. The van der Waals surface area contributed by atoms with Crippen LogP contribution in [0.4, 0.5) is 11.6 Å². The normalized spacial score (nSPS) is 14.9. The Bertz CT molecular complexity index is 1290. The molecule has 0 saturated carbocycles. The van der Waals surface area contributed by atoms with Crippen LogP contribution in [0, 0.1) is 13.8 Å². The van der Waals surface area contributed by atoms with E-state index in [2.05, 4.69) is 65.4 Å². The van der Waals surface area contributed by atoms with Crippen molar-refractivity contribution in [1.82, 2.24) is 19.8 Å². The fourth-order valence-corrected chi connectivity index (χ4v) is 5.52. The summed E-state index contributed by atoms with van der Waals surface area (Å²) in [7, 11) is 0. The number of nitrogens with one attached hydrogen (secondary N) is 1. The molecule has 7 heteroatoms. The van der Waals surface area contributed by atoms with Crippen LogP contribution in [-0.2, 0) is 11.3 Å². The van der Waals surface area contributed by atoms with Crippen LogP contribution >= 0.6 is 11.3 Å². The number of aryl methyl sites for hydroxylation is 2. The Morgan fingerprint density at radius 2 is 1.81 bits per heavy atom. The molecular weight excluding hydrogens is 418 g/mol. The lowest BCUT2D eigenvalue weighted by atomic mass is 10.1. The van der Waals surface area contributed by atoms with Crippen LogP contribution in [-0.4, -0.2) is 51.9 Å². The molecule has 0 atom stereocenters. The molecule has 164 valence electrons. The summed E-state index contributed by atoms with van der Waals surface area (Å²) in [6, 6.07) is 12.9. The van der Waals surface area contributed by atoms with E-state index < -0.39 is 0 Å². The maximum absolute atomic E-state index is 11.6. The van der Waals surface area contributed by atoms with Crippen LogP contribution < -0.4 is 5.32 Å². The zero-order valence-electron chi connectivity index (χ0n) is 18.7. The van der Waals surface area contributed by atoms with Gasteiger partial charge in [-0.25, -0.2) is 9.97 Å². The molecule has 0 radical (unpaired) electrons. The highest BCUT2D eigenvalue weighted by Gasteiger charge is 2.19. The largest absolute Gasteiger partial charge is 0.340 e. The lowest BCUT2D eigenvalue weighted by Gasteiger charge is -2.33. The number of thiophene rings is 1. The zero-order valence-corrected chi connectivity index (χ0v) is 19.5. The Morgan fingerprint density at radius 3 is 2.53 bits per heavy atom. The molecule has 2 aromatic carbocycles. The number of piperazine rings is 1. The van der Waals surface area contributed by atoms with Gasteiger partial charge in [0, 0.05) is 71.9 Å². The van der Waals surface area contributed by atoms with Gasteiger partial charge in [-0.2, -0.15) is 0 Å². The van der Waals surface area contributed by atoms with Crippen molar-refractivity contribution < 1.29 is 4.79 Å². The molecule has 0 bridgehead atoms. The Balaban J connectivity index is 1.40. The molecule has 1 aliphatic rings. The third-order valence-corrected chi connectivity index (χ3v) is 7.06. The molecule has 1 fully saturated rings. The fourth-order valence-electron chi connectivity index (χ4n) is 4.42. The average molecular weight is 446 g/mol. The van der Waals surface area contributed by atoms with E-state index in [0.29, 0.717) is 5.95 Å². The number of aromatic nitrogens is 2. The minimum atomic E-state index is 0.169. The minimum absolute atomic E-state index is 0.169. The molecule has 1 N–H and O–H groups in total. The first-order valence-electron chi connectivity index (χ1n) is 11.0. The van der Waals surface area contributed by atoms with Gasteiger partial charge in [0.25, 0.3) is 0 Å².